The summed E-state index contributed by atoms with van der Waals surface area (Å²) in [6.07, 6.45) is 0. The highest BCUT2D eigenvalue weighted by Gasteiger charge is 2.22. The topological polar surface area (TPSA) is 26.8 Å². The minimum atomic E-state index is 0.216. The van der Waals surface area contributed by atoms with Crippen LogP contribution < -0.4 is 4.90 Å². The summed E-state index contributed by atoms with van der Waals surface area (Å²) in [5, 5.41) is 4.32. The second kappa shape index (κ2) is 7.81. The summed E-state index contributed by atoms with van der Waals surface area (Å²) in [5.41, 5.74) is 3.70. The molecular weight excluding hydrogens is 318 g/mol. The Balaban J connectivity index is 1.47. The number of likely N-dealkylation sites (N-methyl/N-ethyl adjacent to an activating group) is 1. The third kappa shape index (κ3) is 4.36. The van der Waals surface area contributed by atoms with Crippen LogP contribution in [0.15, 0.2) is 41.1 Å². The molecule has 1 saturated heterocycles. The molecule has 4 nitrogen and oxygen atoms in total. The Morgan fingerprint density at radius 1 is 1.12 bits per heavy atom. The average Bonchev–Trinajstić information content (AvgIpc) is 3.09. The van der Waals surface area contributed by atoms with Crippen LogP contribution in [0.3, 0.4) is 0 Å². The van der Waals surface area contributed by atoms with Gasteiger partial charge in [-0.1, -0.05) is 17.7 Å². The van der Waals surface area contributed by atoms with Gasteiger partial charge < -0.3 is 9.80 Å². The second-order valence-corrected chi connectivity index (χ2v) is 7.26. The number of anilines is 1. The maximum absolute atomic E-state index is 12.5. The lowest BCUT2D eigenvalue weighted by molar-refractivity contribution is -0.131. The predicted molar refractivity (Wildman–Crippen MR) is 101 cm³/mol. The van der Waals surface area contributed by atoms with Gasteiger partial charge in [0.05, 0.1) is 6.54 Å². The van der Waals surface area contributed by atoms with Crippen molar-refractivity contribution in [2.24, 2.45) is 0 Å². The van der Waals surface area contributed by atoms with Crippen molar-refractivity contribution in [3.05, 3.63) is 52.2 Å². The minimum absolute atomic E-state index is 0.216. The first-order valence-electron chi connectivity index (χ1n) is 8.41. The molecule has 3 rings (SSSR count). The molecule has 128 valence electrons. The fourth-order valence-corrected chi connectivity index (χ4v) is 3.65. The smallest absolute Gasteiger partial charge is 0.242 e. The molecule has 1 aliphatic heterocycles. The molecule has 1 amide bonds. The number of amides is 1. The lowest BCUT2D eigenvalue weighted by Gasteiger charge is -2.35. The van der Waals surface area contributed by atoms with Crippen LogP contribution in [0.5, 0.6) is 0 Å². The normalized spacial score (nSPS) is 15.5. The van der Waals surface area contributed by atoms with Crippen LogP contribution in [0.1, 0.15) is 11.1 Å². The van der Waals surface area contributed by atoms with Gasteiger partial charge in [-0.05, 0) is 41.4 Å². The van der Waals surface area contributed by atoms with Crippen molar-refractivity contribution in [2.45, 2.75) is 13.5 Å². The molecule has 0 unspecified atom stereocenters. The van der Waals surface area contributed by atoms with E-state index in [1.165, 1.54) is 11.1 Å². The van der Waals surface area contributed by atoms with E-state index in [9.17, 15) is 4.79 Å². The standard InChI is InChI=1S/C19H25N3OS/c1-16-3-5-18(6-4-16)20(2)14-19(23)22-10-8-21(9-11-22)13-17-7-12-24-15-17/h3-7,12,15H,8-11,13-14H2,1-2H3. The van der Waals surface area contributed by atoms with E-state index < -0.39 is 0 Å². The number of carbonyl (C=O) groups excluding carboxylic acids is 1. The van der Waals surface area contributed by atoms with Gasteiger partial charge in [-0.2, -0.15) is 11.3 Å². The van der Waals surface area contributed by atoms with Crippen molar-refractivity contribution in [1.82, 2.24) is 9.80 Å². The zero-order valence-corrected chi connectivity index (χ0v) is 15.3. The van der Waals surface area contributed by atoms with Gasteiger partial charge in [-0.15, -0.1) is 0 Å². The number of aryl methyl sites for hydroxylation is 1. The Hall–Kier alpha value is -1.85. The van der Waals surface area contributed by atoms with Crippen LogP contribution in [-0.4, -0.2) is 55.5 Å². The van der Waals surface area contributed by atoms with Crippen LogP contribution in [0.2, 0.25) is 0 Å². The molecule has 0 spiro atoms. The minimum Gasteiger partial charge on any atom is -0.365 e. The Morgan fingerprint density at radius 3 is 2.46 bits per heavy atom. The molecule has 0 atom stereocenters. The van der Waals surface area contributed by atoms with Crippen LogP contribution in [0.25, 0.3) is 0 Å². The molecule has 24 heavy (non-hydrogen) atoms. The first-order chi connectivity index (χ1) is 11.6. The molecule has 5 heteroatoms. The van der Waals surface area contributed by atoms with Crippen molar-refractivity contribution in [1.29, 1.82) is 0 Å². The largest absolute Gasteiger partial charge is 0.365 e. The molecule has 0 N–H and O–H groups in total. The first kappa shape index (κ1) is 17.0. The number of hydrogen-bond acceptors (Lipinski definition) is 4. The Morgan fingerprint density at radius 2 is 1.83 bits per heavy atom. The summed E-state index contributed by atoms with van der Waals surface area (Å²) in [6.45, 7) is 7.06. The SMILES string of the molecule is Cc1ccc(N(C)CC(=O)N2CCN(Cc3ccsc3)CC2)cc1. The number of benzene rings is 1. The molecule has 2 heterocycles. The first-order valence-corrected chi connectivity index (χ1v) is 9.35. The van der Waals surface area contributed by atoms with E-state index in [1.54, 1.807) is 11.3 Å². The van der Waals surface area contributed by atoms with Crippen molar-refractivity contribution in [3.8, 4) is 0 Å². The van der Waals surface area contributed by atoms with Crippen molar-refractivity contribution < 1.29 is 4.79 Å². The highest BCUT2D eigenvalue weighted by molar-refractivity contribution is 7.07. The zero-order valence-electron chi connectivity index (χ0n) is 14.4. The van der Waals surface area contributed by atoms with E-state index >= 15 is 0 Å². The number of carbonyl (C=O) groups is 1. The van der Waals surface area contributed by atoms with Crippen LogP contribution in [0.4, 0.5) is 5.69 Å². The molecule has 2 aromatic rings. The lowest BCUT2D eigenvalue weighted by Crippen LogP contribution is -2.50. The Labute approximate surface area is 148 Å². The maximum atomic E-state index is 12.5. The van der Waals surface area contributed by atoms with E-state index in [4.69, 9.17) is 0 Å². The summed E-state index contributed by atoms with van der Waals surface area (Å²) >= 11 is 1.74. The highest BCUT2D eigenvalue weighted by Crippen LogP contribution is 2.15. The second-order valence-electron chi connectivity index (χ2n) is 6.48. The van der Waals surface area contributed by atoms with Crippen LogP contribution >= 0.6 is 11.3 Å². The molecule has 1 fully saturated rings. The lowest BCUT2D eigenvalue weighted by atomic mass is 10.2. The van der Waals surface area contributed by atoms with Gasteiger partial charge in [0.25, 0.3) is 0 Å². The number of nitrogens with zero attached hydrogens (tertiary/aromatic N) is 3. The highest BCUT2D eigenvalue weighted by atomic mass is 32.1. The van der Waals surface area contributed by atoms with Gasteiger partial charge in [0.2, 0.25) is 5.91 Å². The fourth-order valence-electron chi connectivity index (χ4n) is 2.99. The van der Waals surface area contributed by atoms with E-state index in [0.717, 1.165) is 38.4 Å². The Bertz CT molecular complexity index is 646. The van der Waals surface area contributed by atoms with E-state index in [0.29, 0.717) is 6.54 Å². The predicted octanol–water partition coefficient (Wildman–Crippen LogP) is 2.84. The molecule has 1 aromatic heterocycles. The van der Waals surface area contributed by atoms with Crippen molar-refractivity contribution >= 4 is 22.9 Å². The summed E-state index contributed by atoms with van der Waals surface area (Å²) in [5.74, 6) is 0.216. The molecule has 1 aromatic carbocycles. The number of thiophene rings is 1. The summed E-state index contributed by atoms with van der Waals surface area (Å²) in [4.78, 5) is 19.0. The van der Waals surface area contributed by atoms with E-state index in [2.05, 4.69) is 52.9 Å². The molecular formula is C19H25N3OS. The summed E-state index contributed by atoms with van der Waals surface area (Å²) in [6, 6.07) is 10.5. The third-order valence-electron chi connectivity index (χ3n) is 4.56. The monoisotopic (exact) mass is 343 g/mol. The van der Waals surface area contributed by atoms with Gasteiger partial charge in [0.1, 0.15) is 0 Å². The Kier molecular flexibility index (Phi) is 5.53. The molecule has 0 bridgehead atoms. The van der Waals surface area contributed by atoms with Gasteiger partial charge in [0, 0.05) is 45.5 Å². The van der Waals surface area contributed by atoms with Crippen LogP contribution in [-0.2, 0) is 11.3 Å². The van der Waals surface area contributed by atoms with Crippen molar-refractivity contribution in [2.75, 3.05) is 44.7 Å². The number of hydrogen-bond donors (Lipinski definition) is 0. The summed E-state index contributed by atoms with van der Waals surface area (Å²) < 4.78 is 0. The average molecular weight is 343 g/mol. The third-order valence-corrected chi connectivity index (χ3v) is 5.29. The molecule has 0 saturated carbocycles. The molecule has 0 aliphatic carbocycles. The summed E-state index contributed by atoms with van der Waals surface area (Å²) in [7, 11) is 1.98. The molecule has 1 aliphatic rings. The number of rotatable bonds is 5. The zero-order chi connectivity index (χ0) is 16.9. The van der Waals surface area contributed by atoms with Gasteiger partial charge in [-0.3, -0.25) is 9.69 Å². The van der Waals surface area contributed by atoms with Gasteiger partial charge in [0.15, 0.2) is 0 Å². The number of piperazine rings is 1. The maximum Gasteiger partial charge on any atom is 0.242 e. The van der Waals surface area contributed by atoms with Gasteiger partial charge in [-0.25, -0.2) is 0 Å². The van der Waals surface area contributed by atoms with Crippen molar-refractivity contribution in [3.63, 3.8) is 0 Å². The van der Waals surface area contributed by atoms with E-state index in [-0.39, 0.29) is 5.91 Å². The quantitative estimate of drug-likeness (QED) is 0.835. The van der Waals surface area contributed by atoms with Crippen LogP contribution in [0, 0.1) is 6.92 Å². The fraction of sp³-hybridized carbons (Fsp3) is 0.421. The molecule has 0 radical (unpaired) electrons. The van der Waals surface area contributed by atoms with Gasteiger partial charge >= 0.3 is 0 Å². The van der Waals surface area contributed by atoms with E-state index in [1.807, 2.05) is 16.8 Å².